The summed E-state index contributed by atoms with van der Waals surface area (Å²) in [6.07, 6.45) is 14.2. The third-order valence-electron chi connectivity index (χ3n) is 4.15. The van der Waals surface area contributed by atoms with Gasteiger partial charge in [-0.2, -0.15) is 12.4 Å². The summed E-state index contributed by atoms with van der Waals surface area (Å²) < 4.78 is 0. The Morgan fingerprint density at radius 2 is 1.14 bits per heavy atom. The predicted octanol–water partition coefficient (Wildman–Crippen LogP) is 3.61. The summed E-state index contributed by atoms with van der Waals surface area (Å²) in [6, 6.07) is 5.40. The van der Waals surface area contributed by atoms with Crippen LogP contribution in [0, 0.1) is 21.3 Å². The fourth-order valence-electron chi connectivity index (χ4n) is 2.66. The van der Waals surface area contributed by atoms with Gasteiger partial charge in [0.05, 0.1) is 22.5 Å². The second-order valence-electron chi connectivity index (χ2n) is 6.38. The number of thiocyanates is 2. The van der Waals surface area contributed by atoms with E-state index in [0.717, 1.165) is 0 Å². The molecule has 0 fully saturated rings. The number of pyridine rings is 2. The third-order valence-corrected chi connectivity index (χ3v) is 4.15. The number of hydrogen-bond donors (Lipinski definition) is 2. The SMILES string of the molecule is C1=C[N-]B(B2C=CC=C[N-]2)C=C1.N#C[S-].N#C[S-].O=C(O)c1ccnc(-c2cc(C(=O)O)ccn2)c1.[Ru+4]. The van der Waals surface area contributed by atoms with Gasteiger partial charge in [0.25, 0.3) is 0 Å². The molecule has 0 bridgehead atoms. The van der Waals surface area contributed by atoms with Crippen molar-refractivity contribution in [2.45, 2.75) is 0 Å². The van der Waals surface area contributed by atoms with Crippen LogP contribution in [0.5, 0.6) is 0 Å². The van der Waals surface area contributed by atoms with Crippen molar-refractivity contribution in [3.8, 4) is 22.2 Å². The molecular formula is C22H16B2N6O4RuS2. The van der Waals surface area contributed by atoms with Crippen LogP contribution in [0.3, 0.4) is 0 Å². The van der Waals surface area contributed by atoms with E-state index in [1.54, 1.807) is 0 Å². The van der Waals surface area contributed by atoms with Gasteiger partial charge in [-0.1, -0.05) is 35.1 Å². The maximum Gasteiger partial charge on any atom is 4.00 e. The number of nitriles is 2. The van der Waals surface area contributed by atoms with Crippen molar-refractivity contribution in [1.82, 2.24) is 9.97 Å². The van der Waals surface area contributed by atoms with Crippen LogP contribution in [0.15, 0.2) is 85.3 Å². The molecule has 0 spiro atoms. The molecule has 0 atom stereocenters. The van der Waals surface area contributed by atoms with E-state index in [-0.39, 0.29) is 44.1 Å². The van der Waals surface area contributed by atoms with Gasteiger partial charge >= 0.3 is 31.4 Å². The van der Waals surface area contributed by atoms with E-state index in [2.05, 4.69) is 57.6 Å². The normalized spacial score (nSPS) is 11.5. The first kappa shape index (κ1) is 33.0. The smallest absolute Gasteiger partial charge is 0.716 e. The zero-order valence-corrected chi connectivity index (χ0v) is 22.2. The minimum atomic E-state index is -1.08. The van der Waals surface area contributed by atoms with Crippen LogP contribution in [-0.2, 0) is 44.7 Å². The first-order valence-corrected chi connectivity index (χ1v) is 10.7. The number of carbonyl (C=O) groups is 2. The van der Waals surface area contributed by atoms with Crippen molar-refractivity contribution in [1.29, 1.82) is 10.5 Å². The number of nitrogens with zero attached hydrogens (tertiary/aromatic N) is 6. The minimum Gasteiger partial charge on any atom is -0.716 e. The van der Waals surface area contributed by atoms with Gasteiger partial charge in [0.15, 0.2) is 0 Å². The Balaban J connectivity index is 0.000000590. The second-order valence-corrected chi connectivity index (χ2v) is 6.75. The van der Waals surface area contributed by atoms with E-state index in [9.17, 15) is 9.59 Å². The molecule has 2 N–H and O–H groups in total. The van der Waals surface area contributed by atoms with Crippen LogP contribution in [-0.4, -0.2) is 45.6 Å². The molecule has 2 aliphatic heterocycles. The molecule has 37 heavy (non-hydrogen) atoms. The molecule has 0 amide bonds. The number of carboxylic acid groups (broad SMARTS) is 2. The Labute approximate surface area is 238 Å². The van der Waals surface area contributed by atoms with Crippen LogP contribution in [0.2, 0.25) is 0 Å². The summed E-state index contributed by atoms with van der Waals surface area (Å²) in [5.41, 5.74) is 0.779. The molecule has 0 radical (unpaired) electrons. The van der Waals surface area contributed by atoms with E-state index in [0.29, 0.717) is 11.4 Å². The Bertz CT molecular complexity index is 1150. The van der Waals surface area contributed by atoms with Gasteiger partial charge in [-0.15, -0.1) is 12.0 Å². The largest absolute Gasteiger partial charge is 4.00 e. The van der Waals surface area contributed by atoms with Gasteiger partial charge in [0.1, 0.15) is 0 Å². The Hall–Kier alpha value is -4.03. The molecule has 2 aromatic heterocycles. The first-order valence-electron chi connectivity index (χ1n) is 9.86. The first-order chi connectivity index (χ1) is 17.4. The topological polar surface area (TPSA) is 176 Å². The van der Waals surface area contributed by atoms with Gasteiger partial charge in [0.2, 0.25) is 0 Å². The van der Waals surface area contributed by atoms with Gasteiger partial charge in [-0.25, -0.2) is 20.1 Å². The molecule has 0 unspecified atom stereocenters. The molecule has 0 saturated heterocycles. The molecule has 2 aliphatic rings. The van der Waals surface area contributed by atoms with Gasteiger partial charge in [0, 0.05) is 25.9 Å². The zero-order chi connectivity index (χ0) is 26.8. The predicted molar refractivity (Wildman–Crippen MR) is 142 cm³/mol. The number of aromatic nitrogens is 2. The van der Waals surface area contributed by atoms with Crippen molar-refractivity contribution in [2.24, 2.45) is 0 Å². The summed E-state index contributed by atoms with van der Waals surface area (Å²) in [5, 5.41) is 43.3. The van der Waals surface area contributed by atoms with E-state index in [1.165, 1.54) is 47.5 Å². The van der Waals surface area contributed by atoms with E-state index >= 15 is 0 Å². The molecule has 184 valence electrons. The zero-order valence-electron chi connectivity index (χ0n) is 18.8. The van der Waals surface area contributed by atoms with E-state index in [4.69, 9.17) is 20.7 Å². The summed E-state index contributed by atoms with van der Waals surface area (Å²) >= 11 is 7.40. The third kappa shape index (κ3) is 12.5. The fraction of sp³-hybridized carbons (Fsp3) is 0. The van der Waals surface area contributed by atoms with Crippen molar-refractivity contribution >= 4 is 50.7 Å². The molecule has 10 nitrogen and oxygen atoms in total. The molecule has 4 heterocycles. The number of allylic oxidation sites excluding steroid dienone is 4. The molecule has 4 rings (SSSR count). The van der Waals surface area contributed by atoms with Crippen LogP contribution < -0.4 is 0 Å². The Morgan fingerprint density at radius 3 is 1.41 bits per heavy atom. The average Bonchev–Trinajstić information content (AvgIpc) is 2.91. The molecule has 15 heteroatoms. The monoisotopic (exact) mass is 616 g/mol. The van der Waals surface area contributed by atoms with Gasteiger partial charge in [-0.05, 0) is 24.3 Å². The van der Waals surface area contributed by atoms with Gasteiger partial charge < -0.3 is 45.9 Å². The summed E-state index contributed by atoms with van der Waals surface area (Å²) in [5.74, 6) is 1.98. The molecule has 0 aromatic carbocycles. The standard InChI is InChI=1S/C12H8N2O4.C8H8B2N2.2CHNS.Ru/c15-11(16)7-1-3-13-9(5-7)10-6-8(12(17)18)2-4-14-10;1-3-7-11-9(5-1)10-6-2-4-8-12-10;2*2-1-3;/h1-6H,(H,15,16)(H,17,18);1-8H;2*3H;/q;-2;;;+4/p-2. The number of hydrogen-bond acceptors (Lipinski definition) is 8. The number of carboxylic acids is 2. The average molecular weight is 615 g/mol. The van der Waals surface area contributed by atoms with Crippen LogP contribution in [0.25, 0.3) is 21.8 Å². The van der Waals surface area contributed by atoms with Crippen LogP contribution in [0.1, 0.15) is 20.7 Å². The summed E-state index contributed by atoms with van der Waals surface area (Å²) in [6.45, 7) is 0.382. The number of aromatic carboxylic acids is 2. The summed E-state index contributed by atoms with van der Waals surface area (Å²) in [7, 11) is 0. The fourth-order valence-corrected chi connectivity index (χ4v) is 2.66. The maximum atomic E-state index is 10.8. The van der Waals surface area contributed by atoms with E-state index in [1.807, 2.05) is 36.7 Å². The van der Waals surface area contributed by atoms with E-state index < -0.39 is 11.9 Å². The second kappa shape index (κ2) is 19.2. The van der Waals surface area contributed by atoms with Crippen LogP contribution in [0.4, 0.5) is 0 Å². The maximum absolute atomic E-state index is 10.8. The van der Waals surface area contributed by atoms with Gasteiger partial charge in [-0.3, -0.25) is 9.97 Å². The quantitative estimate of drug-likeness (QED) is 0.294. The Kier molecular flexibility index (Phi) is 17.1. The van der Waals surface area contributed by atoms with Crippen LogP contribution >= 0.6 is 0 Å². The van der Waals surface area contributed by atoms with Crippen molar-refractivity contribution in [2.75, 3.05) is 0 Å². The van der Waals surface area contributed by atoms with Crippen molar-refractivity contribution in [3.63, 3.8) is 0 Å². The molecular weight excluding hydrogens is 599 g/mol. The molecule has 0 aliphatic carbocycles. The molecule has 0 saturated carbocycles. The van der Waals surface area contributed by atoms with Crippen molar-refractivity contribution in [3.05, 3.63) is 107 Å². The number of rotatable bonds is 4. The van der Waals surface area contributed by atoms with Crippen molar-refractivity contribution < 1.29 is 39.3 Å². The molecule has 2 aromatic rings. The summed E-state index contributed by atoms with van der Waals surface area (Å²) in [4.78, 5) is 29.6. The Morgan fingerprint density at radius 1 is 0.784 bits per heavy atom. The minimum absolute atomic E-state index is 0.